The minimum Gasteiger partial charge on any atom is -0.314 e. The largest absolute Gasteiger partial charge is 0.314 e. The average molecular weight is 273 g/mol. The van der Waals surface area contributed by atoms with Crippen LogP contribution < -0.4 is 5.32 Å². The summed E-state index contributed by atoms with van der Waals surface area (Å²) in [5.41, 5.74) is 1.88. The molecule has 1 aromatic carbocycles. The minimum atomic E-state index is 0.385. The van der Waals surface area contributed by atoms with Crippen LogP contribution in [0.3, 0.4) is 0 Å². The smallest absolute Gasteiger partial charge is 0.0275 e. The lowest BCUT2D eigenvalue weighted by Crippen LogP contribution is -2.60. The highest BCUT2D eigenvalue weighted by molar-refractivity contribution is 5.19. The van der Waals surface area contributed by atoms with Gasteiger partial charge in [0.15, 0.2) is 0 Å². The third-order valence-corrected chi connectivity index (χ3v) is 5.08. The molecule has 2 fully saturated rings. The Morgan fingerprint density at radius 2 is 1.65 bits per heavy atom. The predicted octanol–water partition coefficient (Wildman–Crippen LogP) is 1.60. The molecule has 0 unspecified atom stereocenters. The van der Waals surface area contributed by atoms with Crippen LogP contribution in [0.4, 0.5) is 0 Å². The van der Waals surface area contributed by atoms with Crippen molar-refractivity contribution in [1.82, 2.24) is 15.1 Å². The van der Waals surface area contributed by atoms with E-state index in [0.717, 1.165) is 13.1 Å². The Hall–Kier alpha value is -0.900. The molecule has 0 spiro atoms. The first-order valence-corrected chi connectivity index (χ1v) is 7.97. The molecule has 0 atom stereocenters. The quantitative estimate of drug-likeness (QED) is 0.902. The number of benzene rings is 1. The SMILES string of the molecule is CN1CCC(Cc2ccccc2)(N2CCNCC2)CC1. The zero-order valence-electron chi connectivity index (χ0n) is 12.6. The van der Waals surface area contributed by atoms with Gasteiger partial charge < -0.3 is 10.2 Å². The van der Waals surface area contributed by atoms with Crippen LogP contribution in [0.2, 0.25) is 0 Å². The van der Waals surface area contributed by atoms with Gasteiger partial charge in [0.25, 0.3) is 0 Å². The van der Waals surface area contributed by atoms with Gasteiger partial charge in [-0.15, -0.1) is 0 Å². The maximum absolute atomic E-state index is 3.49. The summed E-state index contributed by atoms with van der Waals surface area (Å²) in [6.07, 6.45) is 3.82. The summed E-state index contributed by atoms with van der Waals surface area (Å²) < 4.78 is 0. The lowest BCUT2D eigenvalue weighted by molar-refractivity contribution is 0.0189. The topological polar surface area (TPSA) is 18.5 Å². The van der Waals surface area contributed by atoms with Gasteiger partial charge in [0.05, 0.1) is 0 Å². The Labute approximate surface area is 123 Å². The molecule has 2 heterocycles. The van der Waals surface area contributed by atoms with Crippen LogP contribution in [0.1, 0.15) is 18.4 Å². The van der Waals surface area contributed by atoms with Gasteiger partial charge in [0.1, 0.15) is 0 Å². The molecule has 3 heteroatoms. The Balaban J connectivity index is 1.79. The molecule has 0 radical (unpaired) electrons. The molecule has 0 bridgehead atoms. The third-order valence-electron chi connectivity index (χ3n) is 5.08. The Kier molecular flexibility index (Phi) is 4.39. The number of likely N-dealkylation sites (tertiary alicyclic amines) is 1. The third kappa shape index (κ3) is 3.05. The number of rotatable bonds is 3. The van der Waals surface area contributed by atoms with Crippen LogP contribution in [0.15, 0.2) is 30.3 Å². The van der Waals surface area contributed by atoms with Crippen LogP contribution in [0.5, 0.6) is 0 Å². The fraction of sp³-hybridized carbons (Fsp3) is 0.647. The van der Waals surface area contributed by atoms with Crippen molar-refractivity contribution < 1.29 is 0 Å². The van der Waals surface area contributed by atoms with Crippen molar-refractivity contribution in [1.29, 1.82) is 0 Å². The molecule has 0 saturated carbocycles. The molecular formula is C17H27N3. The van der Waals surface area contributed by atoms with Gasteiger partial charge in [0.2, 0.25) is 0 Å². The van der Waals surface area contributed by atoms with Gasteiger partial charge in [-0.25, -0.2) is 0 Å². The normalized spacial score (nSPS) is 24.6. The molecule has 3 nitrogen and oxygen atoms in total. The second kappa shape index (κ2) is 6.25. The molecule has 0 aliphatic carbocycles. The molecule has 2 aliphatic heterocycles. The lowest BCUT2D eigenvalue weighted by atomic mass is 9.80. The first-order valence-electron chi connectivity index (χ1n) is 7.97. The number of hydrogen-bond acceptors (Lipinski definition) is 3. The maximum Gasteiger partial charge on any atom is 0.0275 e. The molecule has 110 valence electrons. The summed E-state index contributed by atoms with van der Waals surface area (Å²) in [6.45, 7) is 7.17. The fourth-order valence-electron chi connectivity index (χ4n) is 3.75. The van der Waals surface area contributed by atoms with E-state index in [1.807, 2.05) is 0 Å². The van der Waals surface area contributed by atoms with Crippen LogP contribution in [0.25, 0.3) is 0 Å². The highest BCUT2D eigenvalue weighted by Crippen LogP contribution is 2.32. The molecule has 1 N–H and O–H groups in total. The Morgan fingerprint density at radius 1 is 1.00 bits per heavy atom. The maximum atomic E-state index is 3.49. The van der Waals surface area contributed by atoms with Gasteiger partial charge in [-0.3, -0.25) is 4.90 Å². The van der Waals surface area contributed by atoms with Crippen LogP contribution in [0, 0.1) is 0 Å². The summed E-state index contributed by atoms with van der Waals surface area (Å²) in [7, 11) is 2.25. The van der Waals surface area contributed by atoms with E-state index in [9.17, 15) is 0 Å². The Morgan fingerprint density at radius 3 is 2.30 bits per heavy atom. The van der Waals surface area contributed by atoms with Crippen molar-refractivity contribution in [2.24, 2.45) is 0 Å². The summed E-state index contributed by atoms with van der Waals surface area (Å²) in [6, 6.07) is 11.1. The van der Waals surface area contributed by atoms with E-state index in [-0.39, 0.29) is 0 Å². The summed E-state index contributed by atoms with van der Waals surface area (Å²) in [5.74, 6) is 0. The molecule has 0 amide bonds. The van der Waals surface area contributed by atoms with Crippen molar-refractivity contribution in [3.63, 3.8) is 0 Å². The molecule has 3 rings (SSSR count). The summed E-state index contributed by atoms with van der Waals surface area (Å²) in [5, 5.41) is 3.49. The van der Waals surface area contributed by atoms with Crippen molar-refractivity contribution in [3.8, 4) is 0 Å². The van der Waals surface area contributed by atoms with E-state index in [4.69, 9.17) is 0 Å². The number of nitrogens with one attached hydrogen (secondary N) is 1. The van der Waals surface area contributed by atoms with Crippen LogP contribution >= 0.6 is 0 Å². The van der Waals surface area contributed by atoms with E-state index >= 15 is 0 Å². The van der Waals surface area contributed by atoms with Crippen LogP contribution in [-0.2, 0) is 6.42 Å². The number of nitrogens with zero attached hydrogens (tertiary/aromatic N) is 2. The van der Waals surface area contributed by atoms with Crippen molar-refractivity contribution in [2.45, 2.75) is 24.8 Å². The molecular weight excluding hydrogens is 246 g/mol. The van der Waals surface area contributed by atoms with Crippen LogP contribution in [-0.4, -0.2) is 61.7 Å². The van der Waals surface area contributed by atoms with Crippen molar-refractivity contribution >= 4 is 0 Å². The second-order valence-electron chi connectivity index (χ2n) is 6.43. The molecule has 1 aromatic rings. The monoisotopic (exact) mass is 273 g/mol. The van der Waals surface area contributed by atoms with Gasteiger partial charge in [-0.05, 0) is 45.0 Å². The van der Waals surface area contributed by atoms with E-state index in [2.05, 4.69) is 52.5 Å². The van der Waals surface area contributed by atoms with Gasteiger partial charge in [0, 0.05) is 31.7 Å². The summed E-state index contributed by atoms with van der Waals surface area (Å²) in [4.78, 5) is 5.24. The lowest BCUT2D eigenvalue weighted by Gasteiger charge is -2.50. The number of hydrogen-bond donors (Lipinski definition) is 1. The minimum absolute atomic E-state index is 0.385. The van der Waals surface area contributed by atoms with Gasteiger partial charge in [-0.2, -0.15) is 0 Å². The standard InChI is InChI=1S/C17H27N3/c1-19-11-7-17(8-12-19,20-13-9-18-10-14-20)15-16-5-3-2-4-6-16/h2-6,18H,7-15H2,1H3. The number of piperidine rings is 1. The van der Waals surface area contributed by atoms with Crippen molar-refractivity contribution in [3.05, 3.63) is 35.9 Å². The zero-order chi connectivity index (χ0) is 13.8. The molecule has 20 heavy (non-hydrogen) atoms. The van der Waals surface area contributed by atoms with Crippen molar-refractivity contribution in [2.75, 3.05) is 46.3 Å². The first-order chi connectivity index (χ1) is 9.78. The highest BCUT2D eigenvalue weighted by atomic mass is 15.3. The molecule has 2 saturated heterocycles. The highest BCUT2D eigenvalue weighted by Gasteiger charge is 2.39. The van der Waals surface area contributed by atoms with Gasteiger partial charge >= 0.3 is 0 Å². The first kappa shape index (κ1) is 14.1. The Bertz CT molecular complexity index is 404. The van der Waals surface area contributed by atoms with E-state index in [1.165, 1.54) is 51.0 Å². The fourth-order valence-corrected chi connectivity index (χ4v) is 3.75. The summed E-state index contributed by atoms with van der Waals surface area (Å²) >= 11 is 0. The molecule has 2 aliphatic rings. The second-order valence-corrected chi connectivity index (χ2v) is 6.43. The number of piperazine rings is 1. The molecule has 0 aromatic heterocycles. The zero-order valence-corrected chi connectivity index (χ0v) is 12.6. The van der Waals surface area contributed by atoms with E-state index in [1.54, 1.807) is 0 Å². The van der Waals surface area contributed by atoms with E-state index in [0.29, 0.717) is 5.54 Å². The predicted molar refractivity (Wildman–Crippen MR) is 84.1 cm³/mol. The van der Waals surface area contributed by atoms with E-state index < -0.39 is 0 Å². The van der Waals surface area contributed by atoms with Gasteiger partial charge in [-0.1, -0.05) is 30.3 Å². The average Bonchev–Trinajstić information content (AvgIpc) is 2.52.